The predicted octanol–water partition coefficient (Wildman–Crippen LogP) is 4.45. The minimum atomic E-state index is -0.442. The minimum absolute atomic E-state index is 0.0295. The zero-order valence-electron chi connectivity index (χ0n) is 16.6. The molecule has 0 fully saturated rings. The number of hydrogen-bond donors (Lipinski definition) is 0. The van der Waals surface area contributed by atoms with Crippen LogP contribution in [0.4, 0.5) is 0 Å². The van der Waals surface area contributed by atoms with E-state index in [0.717, 1.165) is 42.2 Å². The number of carbonyl (C=O) groups excluding carboxylic acids is 1. The number of ketones is 1. The monoisotopic (exact) mass is 370 g/mol. The maximum absolute atomic E-state index is 13.2. The highest BCUT2D eigenvalue weighted by Crippen LogP contribution is 2.49. The van der Waals surface area contributed by atoms with Crippen molar-refractivity contribution in [3.63, 3.8) is 0 Å². The molecule has 5 heteroatoms. The van der Waals surface area contributed by atoms with E-state index in [-0.39, 0.29) is 23.4 Å². The second kappa shape index (κ2) is 6.11. The van der Waals surface area contributed by atoms with E-state index in [9.17, 15) is 9.59 Å². The number of Topliss-reactive ketones (excluding diaryl/α,β-unsaturated/α-hetero) is 1. The van der Waals surface area contributed by atoms with Crippen LogP contribution in [0.25, 0.3) is 11.0 Å². The Kier molecular flexibility index (Phi) is 4.09. The Bertz CT molecular complexity index is 998. The van der Waals surface area contributed by atoms with Gasteiger partial charge in [0.05, 0.1) is 11.3 Å². The molecule has 0 bridgehead atoms. The average Bonchev–Trinajstić information content (AvgIpc) is 2.58. The molecule has 5 nitrogen and oxygen atoms in total. The Balaban J connectivity index is 2.15. The van der Waals surface area contributed by atoms with Gasteiger partial charge in [0.1, 0.15) is 28.8 Å². The van der Waals surface area contributed by atoms with E-state index < -0.39 is 5.63 Å². The van der Waals surface area contributed by atoms with E-state index in [0.29, 0.717) is 22.6 Å². The van der Waals surface area contributed by atoms with Crippen molar-refractivity contribution in [2.45, 2.75) is 72.0 Å². The standard InChI is InChI=1S/C22H26O5/c1-6-7-13-10-15(23)26-21-16(13)20-14(8-9-22(4,5)27-20)19-17(21)18(24)11(2)12(3)25-19/h10-12H,6-9H2,1-5H3/t11-,12-/m0/s1. The zero-order valence-corrected chi connectivity index (χ0v) is 16.6. The molecule has 1 aromatic carbocycles. The fourth-order valence-electron chi connectivity index (χ4n) is 4.12. The van der Waals surface area contributed by atoms with Gasteiger partial charge >= 0.3 is 5.63 Å². The third-order valence-electron chi connectivity index (χ3n) is 5.81. The minimum Gasteiger partial charge on any atom is -0.489 e. The molecule has 0 radical (unpaired) electrons. The van der Waals surface area contributed by atoms with Gasteiger partial charge in [-0.25, -0.2) is 4.79 Å². The Morgan fingerprint density at radius 2 is 1.93 bits per heavy atom. The summed E-state index contributed by atoms with van der Waals surface area (Å²) in [5.41, 5.74) is 1.76. The SMILES string of the molecule is CCCc1cc(=O)oc2c3c(c4c(c12)OC(C)(C)CC4)O[C@@H](C)[C@H](C)C3=O. The fraction of sp³-hybridized carbons (Fsp3) is 0.545. The molecule has 2 atom stereocenters. The van der Waals surface area contributed by atoms with Crippen LogP contribution in [0.1, 0.15) is 68.9 Å². The normalized spacial score (nSPS) is 23.4. The van der Waals surface area contributed by atoms with E-state index >= 15 is 0 Å². The maximum atomic E-state index is 13.2. The van der Waals surface area contributed by atoms with Crippen molar-refractivity contribution in [2.24, 2.45) is 5.92 Å². The van der Waals surface area contributed by atoms with Crippen LogP contribution in [-0.4, -0.2) is 17.5 Å². The quantitative estimate of drug-likeness (QED) is 0.731. The van der Waals surface area contributed by atoms with E-state index in [1.54, 1.807) is 0 Å². The first-order chi connectivity index (χ1) is 12.7. The van der Waals surface area contributed by atoms with Gasteiger partial charge < -0.3 is 13.9 Å². The molecule has 0 saturated heterocycles. The maximum Gasteiger partial charge on any atom is 0.336 e. The van der Waals surface area contributed by atoms with Crippen molar-refractivity contribution >= 4 is 16.8 Å². The van der Waals surface area contributed by atoms with Crippen LogP contribution in [0.5, 0.6) is 11.5 Å². The first kappa shape index (κ1) is 18.1. The lowest BCUT2D eigenvalue weighted by Gasteiger charge is -2.37. The highest BCUT2D eigenvalue weighted by Gasteiger charge is 2.40. The molecule has 0 N–H and O–H groups in total. The van der Waals surface area contributed by atoms with Crippen LogP contribution < -0.4 is 15.1 Å². The third-order valence-corrected chi connectivity index (χ3v) is 5.81. The number of ether oxygens (including phenoxy) is 2. The highest BCUT2D eigenvalue weighted by molar-refractivity contribution is 6.13. The lowest BCUT2D eigenvalue weighted by Crippen LogP contribution is -2.37. The van der Waals surface area contributed by atoms with Crippen LogP contribution >= 0.6 is 0 Å². The summed E-state index contributed by atoms with van der Waals surface area (Å²) in [5, 5.41) is 0.761. The van der Waals surface area contributed by atoms with Gasteiger partial charge in [0.15, 0.2) is 11.4 Å². The fourth-order valence-corrected chi connectivity index (χ4v) is 4.12. The Hall–Kier alpha value is -2.30. The molecule has 27 heavy (non-hydrogen) atoms. The number of hydrogen-bond acceptors (Lipinski definition) is 5. The van der Waals surface area contributed by atoms with E-state index in [2.05, 4.69) is 20.8 Å². The second-order valence-electron chi connectivity index (χ2n) is 8.39. The summed E-state index contributed by atoms with van der Waals surface area (Å²) in [6.45, 7) is 9.93. The highest BCUT2D eigenvalue weighted by atomic mass is 16.5. The van der Waals surface area contributed by atoms with Crippen LogP contribution in [0.15, 0.2) is 15.3 Å². The molecule has 0 aliphatic carbocycles. The summed E-state index contributed by atoms with van der Waals surface area (Å²) in [6.07, 6.45) is 2.97. The van der Waals surface area contributed by atoms with E-state index in [1.165, 1.54) is 6.07 Å². The molecule has 3 heterocycles. The topological polar surface area (TPSA) is 65.7 Å². The molecule has 4 rings (SSSR count). The zero-order chi connectivity index (χ0) is 19.5. The Morgan fingerprint density at radius 3 is 2.63 bits per heavy atom. The molecule has 2 aliphatic heterocycles. The van der Waals surface area contributed by atoms with Crippen LogP contribution in [0.3, 0.4) is 0 Å². The van der Waals surface area contributed by atoms with E-state index in [4.69, 9.17) is 13.9 Å². The number of rotatable bonds is 2. The average molecular weight is 370 g/mol. The molecule has 0 unspecified atom stereocenters. The number of fused-ring (bicyclic) bond motifs is 6. The summed E-state index contributed by atoms with van der Waals surface area (Å²) < 4.78 is 18.1. The molecule has 0 amide bonds. The molecular formula is C22H26O5. The largest absolute Gasteiger partial charge is 0.489 e. The molecule has 2 aliphatic rings. The van der Waals surface area contributed by atoms with Crippen molar-refractivity contribution < 1.29 is 18.7 Å². The summed E-state index contributed by atoms with van der Waals surface area (Å²) in [7, 11) is 0. The van der Waals surface area contributed by atoms with Crippen molar-refractivity contribution in [1.82, 2.24) is 0 Å². The number of carbonyl (C=O) groups is 1. The van der Waals surface area contributed by atoms with Crippen molar-refractivity contribution in [2.75, 3.05) is 0 Å². The molecule has 0 saturated carbocycles. The molecule has 2 aromatic rings. The van der Waals surface area contributed by atoms with Gasteiger partial charge in [0.25, 0.3) is 0 Å². The second-order valence-corrected chi connectivity index (χ2v) is 8.39. The number of aryl methyl sites for hydroxylation is 1. The van der Waals surface area contributed by atoms with Gasteiger partial charge in [0, 0.05) is 11.6 Å². The molecule has 144 valence electrons. The van der Waals surface area contributed by atoms with Crippen LogP contribution in [0, 0.1) is 5.92 Å². The molecule has 0 spiro atoms. The summed E-state index contributed by atoms with van der Waals surface area (Å²) in [6, 6.07) is 1.53. The first-order valence-electron chi connectivity index (χ1n) is 9.79. The van der Waals surface area contributed by atoms with Crippen molar-refractivity contribution in [1.29, 1.82) is 0 Å². The van der Waals surface area contributed by atoms with Gasteiger partial charge in [0.2, 0.25) is 0 Å². The van der Waals surface area contributed by atoms with Gasteiger partial charge in [-0.15, -0.1) is 0 Å². The predicted molar refractivity (Wildman–Crippen MR) is 103 cm³/mol. The molecular weight excluding hydrogens is 344 g/mol. The first-order valence-corrected chi connectivity index (χ1v) is 9.79. The number of benzene rings is 1. The summed E-state index contributed by atoms with van der Waals surface area (Å²) in [5.74, 6) is 0.931. The van der Waals surface area contributed by atoms with Gasteiger partial charge in [-0.3, -0.25) is 4.79 Å². The third kappa shape index (κ3) is 2.75. The Labute approximate surface area is 158 Å². The Morgan fingerprint density at radius 1 is 1.19 bits per heavy atom. The van der Waals surface area contributed by atoms with E-state index in [1.807, 2.05) is 13.8 Å². The van der Waals surface area contributed by atoms with Gasteiger partial charge in [-0.1, -0.05) is 20.3 Å². The lowest BCUT2D eigenvalue weighted by atomic mass is 9.84. The van der Waals surface area contributed by atoms with Gasteiger partial charge in [-0.05, 0) is 45.6 Å². The van der Waals surface area contributed by atoms with Crippen LogP contribution in [-0.2, 0) is 12.8 Å². The summed E-state index contributed by atoms with van der Waals surface area (Å²) in [4.78, 5) is 25.4. The van der Waals surface area contributed by atoms with Crippen molar-refractivity contribution in [3.05, 3.63) is 33.2 Å². The molecule has 1 aromatic heterocycles. The lowest BCUT2D eigenvalue weighted by molar-refractivity contribution is 0.0690. The smallest absolute Gasteiger partial charge is 0.336 e. The van der Waals surface area contributed by atoms with Crippen LogP contribution in [0.2, 0.25) is 0 Å². The summed E-state index contributed by atoms with van der Waals surface area (Å²) >= 11 is 0. The van der Waals surface area contributed by atoms with Crippen molar-refractivity contribution in [3.8, 4) is 11.5 Å². The van der Waals surface area contributed by atoms with Gasteiger partial charge in [-0.2, -0.15) is 0 Å².